The highest BCUT2D eigenvalue weighted by atomic mass is 16.6. The van der Waals surface area contributed by atoms with Crippen molar-refractivity contribution < 1.29 is 28.8 Å². The van der Waals surface area contributed by atoms with Crippen molar-refractivity contribution in [3.8, 4) is 5.75 Å². The fourth-order valence-corrected chi connectivity index (χ4v) is 3.63. The number of methoxy groups -OCH3 is 1. The third-order valence-electron chi connectivity index (χ3n) is 5.68. The number of nitrogens with zero attached hydrogens (tertiary/aromatic N) is 2. The van der Waals surface area contributed by atoms with E-state index in [2.05, 4.69) is 5.32 Å². The molecular formula is C25H27N3O7. The Balaban J connectivity index is 1.50. The number of hydrogen-bond acceptors (Lipinski definition) is 7. The summed E-state index contributed by atoms with van der Waals surface area (Å²) in [5.74, 6) is -1.53. The highest BCUT2D eigenvalue weighted by molar-refractivity contribution is 5.97. The van der Waals surface area contributed by atoms with Gasteiger partial charge in [0.25, 0.3) is 11.6 Å². The summed E-state index contributed by atoms with van der Waals surface area (Å²) in [5.41, 5.74) is 0.556. The number of benzene rings is 2. The first kappa shape index (κ1) is 25.4. The van der Waals surface area contributed by atoms with Gasteiger partial charge in [0.1, 0.15) is 11.4 Å². The van der Waals surface area contributed by atoms with Gasteiger partial charge < -0.3 is 19.7 Å². The Morgan fingerprint density at radius 1 is 1.14 bits per heavy atom. The zero-order chi connectivity index (χ0) is 25.4. The van der Waals surface area contributed by atoms with Crippen molar-refractivity contribution in [1.82, 2.24) is 4.90 Å². The summed E-state index contributed by atoms with van der Waals surface area (Å²) in [5, 5.41) is 13.7. The topological polar surface area (TPSA) is 128 Å². The van der Waals surface area contributed by atoms with Gasteiger partial charge in [0.05, 0.1) is 24.0 Å². The van der Waals surface area contributed by atoms with E-state index in [1.54, 1.807) is 11.0 Å². The van der Waals surface area contributed by atoms with Crippen LogP contribution < -0.4 is 10.1 Å². The molecule has 1 aliphatic rings. The Hall–Kier alpha value is -4.21. The number of carbonyl (C=O) groups excluding carboxylic acids is 3. The molecule has 3 rings (SSSR count). The summed E-state index contributed by atoms with van der Waals surface area (Å²) in [4.78, 5) is 49.8. The lowest BCUT2D eigenvalue weighted by Crippen LogP contribution is -2.41. The average Bonchev–Trinajstić information content (AvgIpc) is 2.87. The van der Waals surface area contributed by atoms with Gasteiger partial charge in [0, 0.05) is 19.2 Å². The van der Waals surface area contributed by atoms with Gasteiger partial charge in [-0.25, -0.2) is 0 Å². The summed E-state index contributed by atoms with van der Waals surface area (Å²) in [6.45, 7) is 2.20. The van der Waals surface area contributed by atoms with Gasteiger partial charge in [0.2, 0.25) is 5.91 Å². The SMILES string of the molecule is COc1ccc(NC(=O)C(C)OC(=O)C2CCN(C(=O)/C=C/c3ccccc3)CC2)c([N+](=O)[O-])c1. The smallest absolute Gasteiger partial charge is 0.309 e. The van der Waals surface area contributed by atoms with Crippen molar-refractivity contribution in [2.24, 2.45) is 5.92 Å². The van der Waals surface area contributed by atoms with Crippen LogP contribution in [0.15, 0.2) is 54.6 Å². The van der Waals surface area contributed by atoms with Gasteiger partial charge in [-0.2, -0.15) is 0 Å². The Bertz CT molecular complexity index is 1110. The largest absolute Gasteiger partial charge is 0.496 e. The first-order valence-corrected chi connectivity index (χ1v) is 11.1. The molecule has 0 aromatic heterocycles. The van der Waals surface area contributed by atoms with E-state index < -0.39 is 28.8 Å². The molecule has 0 radical (unpaired) electrons. The molecule has 0 aliphatic carbocycles. The standard InChI is InChI=1S/C25H27N3O7/c1-17(24(30)26-21-10-9-20(34-2)16-22(21)28(32)33)35-25(31)19-12-14-27(15-13-19)23(29)11-8-18-6-4-3-5-7-18/h3-11,16-17,19H,12-15H2,1-2H3,(H,26,30)/b11-8+. The summed E-state index contributed by atoms with van der Waals surface area (Å²) >= 11 is 0. The maximum absolute atomic E-state index is 12.6. The van der Waals surface area contributed by atoms with Crippen LogP contribution in [-0.4, -0.2) is 53.9 Å². The number of amides is 2. The number of nitrogens with one attached hydrogen (secondary N) is 1. The molecule has 1 fully saturated rings. The number of anilines is 1. The predicted octanol–water partition coefficient (Wildman–Crippen LogP) is 3.43. The molecule has 1 unspecified atom stereocenters. The third-order valence-corrected chi connectivity index (χ3v) is 5.68. The van der Waals surface area contributed by atoms with Crippen LogP contribution in [0.25, 0.3) is 6.08 Å². The second-order valence-electron chi connectivity index (χ2n) is 8.05. The summed E-state index contributed by atoms with van der Waals surface area (Å²) < 4.78 is 10.3. The number of likely N-dealkylation sites (tertiary alicyclic amines) is 1. The van der Waals surface area contributed by atoms with E-state index >= 15 is 0 Å². The second-order valence-corrected chi connectivity index (χ2v) is 8.05. The minimum Gasteiger partial charge on any atom is -0.496 e. The highest BCUT2D eigenvalue weighted by Gasteiger charge is 2.30. The van der Waals surface area contributed by atoms with Crippen molar-refractivity contribution in [3.63, 3.8) is 0 Å². The fourth-order valence-electron chi connectivity index (χ4n) is 3.63. The van der Waals surface area contributed by atoms with Gasteiger partial charge in [-0.3, -0.25) is 24.5 Å². The molecule has 1 N–H and O–H groups in total. The number of hydrogen-bond donors (Lipinski definition) is 1. The number of nitro groups is 1. The number of ether oxygens (including phenoxy) is 2. The highest BCUT2D eigenvalue weighted by Crippen LogP contribution is 2.29. The van der Waals surface area contributed by atoms with Crippen molar-refractivity contribution in [2.75, 3.05) is 25.5 Å². The summed E-state index contributed by atoms with van der Waals surface area (Å²) in [7, 11) is 1.38. The number of esters is 1. The Labute approximate surface area is 202 Å². The molecule has 0 spiro atoms. The Morgan fingerprint density at radius 3 is 2.46 bits per heavy atom. The minimum atomic E-state index is -1.15. The molecule has 0 bridgehead atoms. The van der Waals surface area contributed by atoms with Gasteiger partial charge in [-0.1, -0.05) is 30.3 Å². The van der Waals surface area contributed by atoms with Crippen LogP contribution >= 0.6 is 0 Å². The molecule has 2 amide bonds. The molecule has 2 aromatic carbocycles. The van der Waals surface area contributed by atoms with E-state index in [1.165, 1.54) is 38.3 Å². The van der Waals surface area contributed by atoms with Crippen LogP contribution in [0, 0.1) is 16.0 Å². The molecular weight excluding hydrogens is 454 g/mol. The maximum Gasteiger partial charge on any atom is 0.309 e. The van der Waals surface area contributed by atoms with Gasteiger partial charge in [-0.05, 0) is 43.5 Å². The fraction of sp³-hybridized carbons (Fsp3) is 0.320. The van der Waals surface area contributed by atoms with E-state index in [0.29, 0.717) is 25.9 Å². The number of carbonyl (C=O) groups is 3. The predicted molar refractivity (Wildman–Crippen MR) is 129 cm³/mol. The van der Waals surface area contributed by atoms with Crippen molar-refractivity contribution in [1.29, 1.82) is 0 Å². The molecule has 1 saturated heterocycles. The van der Waals surface area contributed by atoms with Crippen LogP contribution in [0.5, 0.6) is 5.75 Å². The minimum absolute atomic E-state index is 0.0286. The van der Waals surface area contributed by atoms with E-state index in [9.17, 15) is 24.5 Å². The first-order chi connectivity index (χ1) is 16.8. The van der Waals surface area contributed by atoms with Crippen LogP contribution in [0.1, 0.15) is 25.3 Å². The lowest BCUT2D eigenvalue weighted by Gasteiger charge is -2.30. The molecule has 35 heavy (non-hydrogen) atoms. The van der Waals surface area contributed by atoms with Crippen molar-refractivity contribution in [2.45, 2.75) is 25.9 Å². The van der Waals surface area contributed by atoms with E-state index in [4.69, 9.17) is 9.47 Å². The quantitative estimate of drug-likeness (QED) is 0.265. The summed E-state index contributed by atoms with van der Waals surface area (Å²) in [6, 6.07) is 13.5. The number of nitro benzene ring substituents is 1. The van der Waals surface area contributed by atoms with Crippen LogP contribution in [0.4, 0.5) is 11.4 Å². The normalized spacial score (nSPS) is 14.9. The zero-order valence-electron chi connectivity index (χ0n) is 19.5. The van der Waals surface area contributed by atoms with Gasteiger partial charge >= 0.3 is 5.97 Å². The lowest BCUT2D eigenvalue weighted by atomic mass is 9.97. The molecule has 184 valence electrons. The third kappa shape index (κ3) is 6.89. The molecule has 1 atom stereocenters. The number of piperidine rings is 1. The Morgan fingerprint density at radius 2 is 1.83 bits per heavy atom. The lowest BCUT2D eigenvalue weighted by molar-refractivity contribution is -0.384. The van der Waals surface area contributed by atoms with Crippen LogP contribution in [0.3, 0.4) is 0 Å². The molecule has 1 heterocycles. The zero-order valence-corrected chi connectivity index (χ0v) is 19.5. The second kappa shape index (κ2) is 11.8. The van der Waals surface area contributed by atoms with Crippen molar-refractivity contribution >= 4 is 35.2 Å². The van der Waals surface area contributed by atoms with Crippen molar-refractivity contribution in [3.05, 3.63) is 70.3 Å². The Kier molecular flexibility index (Phi) is 8.55. The molecule has 10 nitrogen and oxygen atoms in total. The first-order valence-electron chi connectivity index (χ1n) is 11.1. The molecule has 10 heteroatoms. The maximum atomic E-state index is 12.6. The average molecular weight is 482 g/mol. The van der Waals surface area contributed by atoms with Crippen LogP contribution in [-0.2, 0) is 19.1 Å². The van der Waals surface area contributed by atoms with E-state index in [1.807, 2.05) is 30.3 Å². The van der Waals surface area contributed by atoms with Gasteiger partial charge in [0.15, 0.2) is 6.10 Å². The number of rotatable bonds is 8. The van der Waals surface area contributed by atoms with E-state index in [0.717, 1.165) is 5.56 Å². The molecule has 2 aromatic rings. The molecule has 1 aliphatic heterocycles. The van der Waals surface area contributed by atoms with Crippen LogP contribution in [0.2, 0.25) is 0 Å². The van der Waals surface area contributed by atoms with Gasteiger partial charge in [-0.15, -0.1) is 0 Å². The monoisotopic (exact) mass is 481 g/mol. The molecule has 0 saturated carbocycles. The van der Waals surface area contributed by atoms with E-state index in [-0.39, 0.29) is 23.0 Å². The summed E-state index contributed by atoms with van der Waals surface area (Å²) in [6.07, 6.45) is 2.94.